The summed E-state index contributed by atoms with van der Waals surface area (Å²) in [6.07, 6.45) is 3.73. The summed E-state index contributed by atoms with van der Waals surface area (Å²) in [5.41, 5.74) is 5.31. The van der Waals surface area contributed by atoms with Gasteiger partial charge in [0.1, 0.15) is 0 Å². The number of nitrogens with one attached hydrogen (secondary N) is 1. The molecule has 4 heteroatoms. The molecule has 0 bridgehead atoms. The van der Waals surface area contributed by atoms with Crippen LogP contribution in [-0.2, 0) is 0 Å². The zero-order valence-electron chi connectivity index (χ0n) is 10.5. The first-order chi connectivity index (χ1) is 8.69. The molecule has 0 aliphatic heterocycles. The second-order valence-corrected chi connectivity index (χ2v) is 5.81. The van der Waals surface area contributed by atoms with Gasteiger partial charge < -0.3 is 11.1 Å². The van der Waals surface area contributed by atoms with Gasteiger partial charge in [-0.2, -0.15) is 0 Å². The van der Waals surface area contributed by atoms with Gasteiger partial charge in [0.25, 0.3) is 5.91 Å². The van der Waals surface area contributed by atoms with Gasteiger partial charge in [-0.15, -0.1) is 11.3 Å². The van der Waals surface area contributed by atoms with Crippen molar-refractivity contribution in [1.29, 1.82) is 0 Å². The number of rotatable bonds is 4. The number of carbonyl (C=O) groups is 1. The van der Waals surface area contributed by atoms with Crippen molar-refractivity contribution in [3.8, 4) is 11.8 Å². The molecular formula is C14H18N2OS. The SMILES string of the molecule is CC(CC1CC1)NC(=O)c1ccc(C#CCN)s1. The minimum Gasteiger partial charge on any atom is -0.349 e. The first-order valence-electron chi connectivity index (χ1n) is 6.28. The van der Waals surface area contributed by atoms with Gasteiger partial charge in [-0.05, 0) is 31.4 Å². The van der Waals surface area contributed by atoms with Gasteiger partial charge in [-0.1, -0.05) is 24.7 Å². The van der Waals surface area contributed by atoms with Gasteiger partial charge in [-0.3, -0.25) is 4.79 Å². The Balaban J connectivity index is 1.89. The van der Waals surface area contributed by atoms with E-state index in [1.54, 1.807) is 0 Å². The molecular weight excluding hydrogens is 244 g/mol. The molecule has 3 nitrogen and oxygen atoms in total. The highest BCUT2D eigenvalue weighted by Gasteiger charge is 2.24. The average Bonchev–Trinajstić information content (AvgIpc) is 3.01. The van der Waals surface area contributed by atoms with Crippen LogP contribution >= 0.6 is 11.3 Å². The highest BCUT2D eigenvalue weighted by atomic mass is 32.1. The fourth-order valence-electron chi connectivity index (χ4n) is 1.87. The maximum absolute atomic E-state index is 12.0. The van der Waals surface area contributed by atoms with Gasteiger partial charge in [0.05, 0.1) is 16.3 Å². The molecule has 1 amide bonds. The molecule has 1 heterocycles. The Hall–Kier alpha value is -1.31. The van der Waals surface area contributed by atoms with Crippen molar-refractivity contribution in [1.82, 2.24) is 5.32 Å². The number of thiophene rings is 1. The van der Waals surface area contributed by atoms with Crippen LogP contribution in [0.4, 0.5) is 0 Å². The maximum atomic E-state index is 12.0. The van der Waals surface area contributed by atoms with Crippen LogP contribution in [0.15, 0.2) is 12.1 Å². The van der Waals surface area contributed by atoms with Crippen LogP contribution < -0.4 is 11.1 Å². The Morgan fingerprint density at radius 1 is 1.61 bits per heavy atom. The fraction of sp³-hybridized carbons (Fsp3) is 0.500. The summed E-state index contributed by atoms with van der Waals surface area (Å²) in [6.45, 7) is 2.41. The molecule has 1 aromatic heterocycles. The van der Waals surface area contributed by atoms with Gasteiger partial charge >= 0.3 is 0 Å². The summed E-state index contributed by atoms with van der Waals surface area (Å²) in [5.74, 6) is 6.56. The van der Waals surface area contributed by atoms with Crippen LogP contribution in [-0.4, -0.2) is 18.5 Å². The molecule has 1 aliphatic carbocycles. The Morgan fingerprint density at radius 3 is 3.06 bits per heavy atom. The first-order valence-corrected chi connectivity index (χ1v) is 7.10. The normalized spacial score (nSPS) is 15.7. The summed E-state index contributed by atoms with van der Waals surface area (Å²) < 4.78 is 0. The van der Waals surface area contributed by atoms with Crippen molar-refractivity contribution in [3.63, 3.8) is 0 Å². The molecule has 0 saturated heterocycles. The van der Waals surface area contributed by atoms with Gasteiger partial charge in [0, 0.05) is 6.04 Å². The molecule has 1 aromatic rings. The molecule has 1 unspecified atom stereocenters. The minimum atomic E-state index is 0.00829. The van der Waals surface area contributed by atoms with Gasteiger partial charge in [0.15, 0.2) is 0 Å². The quantitative estimate of drug-likeness (QED) is 0.815. The molecule has 0 radical (unpaired) electrons. The minimum absolute atomic E-state index is 0.00829. The topological polar surface area (TPSA) is 55.1 Å². The third-order valence-corrected chi connectivity index (χ3v) is 3.90. The molecule has 2 rings (SSSR count). The number of hydrogen-bond acceptors (Lipinski definition) is 3. The van der Waals surface area contributed by atoms with Crippen molar-refractivity contribution >= 4 is 17.2 Å². The molecule has 0 spiro atoms. The zero-order chi connectivity index (χ0) is 13.0. The lowest BCUT2D eigenvalue weighted by atomic mass is 10.1. The molecule has 18 heavy (non-hydrogen) atoms. The summed E-state index contributed by atoms with van der Waals surface area (Å²) in [5, 5.41) is 3.04. The largest absolute Gasteiger partial charge is 0.349 e. The summed E-state index contributed by atoms with van der Waals surface area (Å²) in [7, 11) is 0. The molecule has 1 atom stereocenters. The Morgan fingerprint density at radius 2 is 2.39 bits per heavy atom. The predicted octanol–water partition coefficient (Wildman–Crippen LogP) is 1.98. The molecule has 1 aliphatic rings. The van der Waals surface area contributed by atoms with Crippen LogP contribution in [0.25, 0.3) is 0 Å². The van der Waals surface area contributed by atoms with Crippen molar-refractivity contribution in [2.75, 3.05) is 6.54 Å². The fourth-order valence-corrected chi connectivity index (χ4v) is 2.66. The second-order valence-electron chi connectivity index (χ2n) is 4.72. The van der Waals surface area contributed by atoms with Crippen molar-refractivity contribution in [2.45, 2.75) is 32.2 Å². The summed E-state index contributed by atoms with van der Waals surface area (Å²) in [6, 6.07) is 3.95. The predicted molar refractivity (Wildman–Crippen MR) is 74.5 cm³/mol. The Bertz CT molecular complexity index is 479. The van der Waals surface area contributed by atoms with Crippen LogP contribution in [0, 0.1) is 17.8 Å². The standard InChI is InChI=1S/C14H18N2OS/c1-10(9-11-4-5-11)16-14(17)13-7-6-12(18-13)3-2-8-15/h6-7,10-11H,4-5,8-9,15H2,1H3,(H,16,17). The van der Waals surface area contributed by atoms with E-state index in [4.69, 9.17) is 5.73 Å². The number of amides is 1. The van der Waals surface area contributed by atoms with Crippen LogP contribution in [0.5, 0.6) is 0 Å². The van der Waals surface area contributed by atoms with E-state index < -0.39 is 0 Å². The van der Waals surface area contributed by atoms with E-state index in [-0.39, 0.29) is 11.9 Å². The van der Waals surface area contributed by atoms with E-state index in [2.05, 4.69) is 24.1 Å². The maximum Gasteiger partial charge on any atom is 0.261 e. The molecule has 1 fully saturated rings. The van der Waals surface area contributed by atoms with Crippen LogP contribution in [0.1, 0.15) is 40.7 Å². The highest BCUT2D eigenvalue weighted by molar-refractivity contribution is 7.14. The lowest BCUT2D eigenvalue weighted by molar-refractivity contribution is 0.0941. The number of nitrogens with two attached hydrogens (primary N) is 1. The average molecular weight is 262 g/mol. The molecule has 3 N–H and O–H groups in total. The van der Waals surface area contributed by atoms with Crippen molar-refractivity contribution in [3.05, 3.63) is 21.9 Å². The van der Waals surface area contributed by atoms with E-state index in [9.17, 15) is 4.79 Å². The Kier molecular flexibility index (Phi) is 4.40. The first kappa shape index (κ1) is 13.1. The van der Waals surface area contributed by atoms with Gasteiger partial charge in [-0.25, -0.2) is 0 Å². The lowest BCUT2D eigenvalue weighted by Crippen LogP contribution is -2.32. The third kappa shape index (κ3) is 3.86. The smallest absolute Gasteiger partial charge is 0.261 e. The summed E-state index contributed by atoms with van der Waals surface area (Å²) in [4.78, 5) is 13.6. The molecule has 96 valence electrons. The van der Waals surface area contributed by atoms with Crippen molar-refractivity contribution < 1.29 is 4.79 Å². The third-order valence-electron chi connectivity index (χ3n) is 2.90. The van der Waals surface area contributed by atoms with E-state index in [0.717, 1.165) is 22.1 Å². The molecule has 1 saturated carbocycles. The lowest BCUT2D eigenvalue weighted by Gasteiger charge is -2.12. The van der Waals surface area contributed by atoms with Gasteiger partial charge in [0.2, 0.25) is 0 Å². The van der Waals surface area contributed by atoms with Crippen molar-refractivity contribution in [2.24, 2.45) is 11.7 Å². The molecule has 0 aromatic carbocycles. The highest BCUT2D eigenvalue weighted by Crippen LogP contribution is 2.33. The van der Waals surface area contributed by atoms with Crippen LogP contribution in [0.2, 0.25) is 0 Å². The Labute approximate surface area is 112 Å². The number of hydrogen-bond donors (Lipinski definition) is 2. The van der Waals surface area contributed by atoms with E-state index in [1.807, 2.05) is 12.1 Å². The van der Waals surface area contributed by atoms with Crippen LogP contribution in [0.3, 0.4) is 0 Å². The summed E-state index contributed by atoms with van der Waals surface area (Å²) >= 11 is 1.42. The second kappa shape index (κ2) is 6.03. The zero-order valence-corrected chi connectivity index (χ0v) is 11.3. The number of carbonyl (C=O) groups excluding carboxylic acids is 1. The van der Waals surface area contributed by atoms with E-state index in [0.29, 0.717) is 6.54 Å². The van der Waals surface area contributed by atoms with E-state index in [1.165, 1.54) is 24.2 Å². The monoisotopic (exact) mass is 262 g/mol. The van der Waals surface area contributed by atoms with E-state index >= 15 is 0 Å².